The lowest BCUT2D eigenvalue weighted by Crippen LogP contribution is -2.40. The summed E-state index contributed by atoms with van der Waals surface area (Å²) in [7, 11) is 0. The number of carbonyl (C=O) groups excluding carboxylic acids is 2. The molecular weight excluding hydrogens is 376 g/mol. The van der Waals surface area contributed by atoms with Gasteiger partial charge in [-0.2, -0.15) is 5.10 Å². The number of Topliss-reactive ketones (excluding diaryl/α,β-unsaturated/α-hetero) is 1. The Morgan fingerprint density at radius 1 is 1.13 bits per heavy atom. The zero-order valence-corrected chi connectivity index (χ0v) is 17.1. The summed E-state index contributed by atoms with van der Waals surface area (Å²) in [6.45, 7) is 4.01. The summed E-state index contributed by atoms with van der Waals surface area (Å²) in [5.74, 6) is 0.0722. The highest BCUT2D eigenvalue weighted by atomic mass is 16.2. The van der Waals surface area contributed by atoms with Crippen molar-refractivity contribution in [2.45, 2.75) is 26.3 Å². The molecule has 2 heterocycles. The average molecular weight is 402 g/mol. The number of likely N-dealkylation sites (tertiary alicyclic amines) is 1. The van der Waals surface area contributed by atoms with Crippen molar-refractivity contribution in [3.63, 3.8) is 0 Å². The van der Waals surface area contributed by atoms with E-state index in [4.69, 9.17) is 0 Å². The van der Waals surface area contributed by atoms with Crippen molar-refractivity contribution >= 4 is 17.4 Å². The molecule has 0 spiro atoms. The number of anilines is 1. The molecule has 0 radical (unpaired) electrons. The molecule has 6 heteroatoms. The number of amides is 1. The molecule has 3 aromatic rings. The summed E-state index contributed by atoms with van der Waals surface area (Å²) in [6, 6.07) is 17.3. The molecular formula is C24H26N4O2. The van der Waals surface area contributed by atoms with Gasteiger partial charge in [0.15, 0.2) is 5.78 Å². The van der Waals surface area contributed by atoms with Crippen LogP contribution < -0.4 is 5.32 Å². The van der Waals surface area contributed by atoms with Crippen LogP contribution in [0.25, 0.3) is 5.69 Å². The van der Waals surface area contributed by atoms with Crippen molar-refractivity contribution in [2.24, 2.45) is 5.92 Å². The summed E-state index contributed by atoms with van der Waals surface area (Å²) >= 11 is 0. The van der Waals surface area contributed by atoms with E-state index in [9.17, 15) is 9.59 Å². The van der Waals surface area contributed by atoms with E-state index in [0.29, 0.717) is 0 Å². The van der Waals surface area contributed by atoms with Crippen molar-refractivity contribution < 1.29 is 9.59 Å². The van der Waals surface area contributed by atoms with Gasteiger partial charge in [0.1, 0.15) is 0 Å². The van der Waals surface area contributed by atoms with Crippen LogP contribution in [0.1, 0.15) is 35.7 Å². The van der Waals surface area contributed by atoms with Gasteiger partial charge in [-0.1, -0.05) is 24.3 Å². The van der Waals surface area contributed by atoms with Crippen LogP contribution in [-0.2, 0) is 11.3 Å². The first-order valence-corrected chi connectivity index (χ1v) is 10.3. The fourth-order valence-electron chi connectivity index (χ4n) is 3.95. The van der Waals surface area contributed by atoms with E-state index in [1.807, 2.05) is 60.8 Å². The number of rotatable bonds is 6. The second-order valence-corrected chi connectivity index (χ2v) is 7.82. The highest BCUT2D eigenvalue weighted by molar-refractivity contribution is 5.94. The molecule has 1 N–H and O–H groups in total. The normalized spacial score (nSPS) is 16.9. The van der Waals surface area contributed by atoms with Crippen molar-refractivity contribution in [1.29, 1.82) is 0 Å². The predicted molar refractivity (Wildman–Crippen MR) is 117 cm³/mol. The second kappa shape index (κ2) is 9.05. The second-order valence-electron chi connectivity index (χ2n) is 7.82. The summed E-state index contributed by atoms with van der Waals surface area (Å²) in [6.07, 6.45) is 5.47. The number of nitrogens with one attached hydrogen (secondary N) is 1. The van der Waals surface area contributed by atoms with Crippen LogP contribution in [0.3, 0.4) is 0 Å². The topological polar surface area (TPSA) is 67.2 Å². The fraction of sp³-hybridized carbons (Fsp3) is 0.292. The van der Waals surface area contributed by atoms with Crippen LogP contribution >= 0.6 is 0 Å². The fourth-order valence-corrected chi connectivity index (χ4v) is 3.95. The first kappa shape index (κ1) is 20.0. The van der Waals surface area contributed by atoms with E-state index in [1.54, 1.807) is 17.8 Å². The Kier molecular flexibility index (Phi) is 6.05. The van der Waals surface area contributed by atoms with Crippen molar-refractivity contribution in [2.75, 3.05) is 18.4 Å². The van der Waals surface area contributed by atoms with E-state index in [-0.39, 0.29) is 17.6 Å². The molecule has 1 amide bonds. The Morgan fingerprint density at radius 3 is 2.80 bits per heavy atom. The number of carbonyl (C=O) groups is 2. The highest BCUT2D eigenvalue weighted by Gasteiger charge is 2.26. The number of aromatic nitrogens is 2. The van der Waals surface area contributed by atoms with Crippen molar-refractivity contribution in [3.8, 4) is 5.69 Å². The molecule has 1 aliphatic heterocycles. The minimum atomic E-state index is -0.0527. The first-order valence-electron chi connectivity index (χ1n) is 10.3. The highest BCUT2D eigenvalue weighted by Crippen LogP contribution is 2.22. The zero-order chi connectivity index (χ0) is 20.9. The molecule has 0 unspecified atom stereocenters. The van der Waals surface area contributed by atoms with Gasteiger partial charge in [0, 0.05) is 36.7 Å². The summed E-state index contributed by atoms with van der Waals surface area (Å²) in [5.41, 5.74) is 3.53. The number of nitrogens with zero attached hydrogens (tertiary/aromatic N) is 3. The molecule has 1 aliphatic rings. The van der Waals surface area contributed by atoms with Crippen molar-refractivity contribution in [3.05, 3.63) is 78.1 Å². The maximum absolute atomic E-state index is 12.9. The summed E-state index contributed by atoms with van der Waals surface area (Å²) in [5, 5.41) is 7.31. The van der Waals surface area contributed by atoms with Gasteiger partial charge in [-0.15, -0.1) is 0 Å². The van der Waals surface area contributed by atoms with Crippen molar-refractivity contribution in [1.82, 2.24) is 14.7 Å². The van der Waals surface area contributed by atoms with Gasteiger partial charge in [-0.25, -0.2) is 4.68 Å². The Hall–Kier alpha value is -3.25. The predicted octanol–water partition coefficient (Wildman–Crippen LogP) is 3.93. The largest absolute Gasteiger partial charge is 0.326 e. The molecule has 0 saturated carbocycles. The van der Waals surface area contributed by atoms with E-state index in [1.165, 1.54) is 0 Å². The zero-order valence-electron chi connectivity index (χ0n) is 17.1. The lowest BCUT2D eigenvalue weighted by atomic mass is 9.96. The first-order chi connectivity index (χ1) is 14.6. The van der Waals surface area contributed by atoms with Crippen LogP contribution in [0.4, 0.5) is 5.69 Å². The number of piperidine rings is 1. The summed E-state index contributed by atoms with van der Waals surface area (Å²) in [4.78, 5) is 26.8. The van der Waals surface area contributed by atoms with E-state index < -0.39 is 0 Å². The lowest BCUT2D eigenvalue weighted by molar-refractivity contribution is -0.121. The Balaban J connectivity index is 1.38. The van der Waals surface area contributed by atoms with Crippen LogP contribution in [-0.4, -0.2) is 39.5 Å². The number of benzene rings is 2. The van der Waals surface area contributed by atoms with Gasteiger partial charge in [0.25, 0.3) is 0 Å². The van der Waals surface area contributed by atoms with E-state index >= 15 is 0 Å². The minimum Gasteiger partial charge on any atom is -0.326 e. The number of ketones is 1. The molecule has 0 bridgehead atoms. The molecule has 1 aromatic heterocycles. The SMILES string of the molecule is CC(=O)c1cccc(CN2CCC[C@@H](C(=O)Nc3cccc(-n4cccn4)c3)C2)c1. The Morgan fingerprint density at radius 2 is 2.00 bits per heavy atom. The third kappa shape index (κ3) is 4.83. The molecule has 30 heavy (non-hydrogen) atoms. The van der Waals surface area contributed by atoms with E-state index in [0.717, 1.165) is 55.0 Å². The third-order valence-electron chi connectivity index (χ3n) is 5.50. The average Bonchev–Trinajstić information content (AvgIpc) is 3.29. The molecule has 1 saturated heterocycles. The van der Waals surface area contributed by atoms with Crippen LogP contribution in [0, 0.1) is 5.92 Å². The molecule has 4 rings (SSSR count). The molecule has 6 nitrogen and oxygen atoms in total. The number of hydrogen-bond acceptors (Lipinski definition) is 4. The monoisotopic (exact) mass is 402 g/mol. The molecule has 154 valence electrons. The maximum Gasteiger partial charge on any atom is 0.228 e. The van der Waals surface area contributed by atoms with Gasteiger partial charge in [0.2, 0.25) is 5.91 Å². The van der Waals surface area contributed by atoms with Crippen LogP contribution in [0.5, 0.6) is 0 Å². The maximum atomic E-state index is 12.9. The summed E-state index contributed by atoms with van der Waals surface area (Å²) < 4.78 is 1.77. The van der Waals surface area contributed by atoms with Crippen LogP contribution in [0.15, 0.2) is 67.0 Å². The molecule has 1 fully saturated rings. The lowest BCUT2D eigenvalue weighted by Gasteiger charge is -2.32. The smallest absolute Gasteiger partial charge is 0.228 e. The molecule has 2 aromatic carbocycles. The Labute approximate surface area is 176 Å². The van der Waals surface area contributed by atoms with E-state index in [2.05, 4.69) is 15.3 Å². The Bertz CT molecular complexity index is 1030. The minimum absolute atomic E-state index is 0.0507. The quantitative estimate of drug-likeness (QED) is 0.635. The standard InChI is InChI=1S/C24H26N4O2/c1-18(29)20-7-2-6-19(14-20)16-27-12-4-8-21(17-27)24(30)26-22-9-3-10-23(15-22)28-13-5-11-25-28/h2-3,5-7,9-11,13-15,21H,4,8,12,16-17H2,1H3,(H,26,30)/t21-/m1/s1. The van der Waals surface area contributed by atoms with Gasteiger partial charge in [0.05, 0.1) is 11.6 Å². The van der Waals surface area contributed by atoms with Gasteiger partial charge < -0.3 is 5.32 Å². The number of hydrogen-bond donors (Lipinski definition) is 1. The third-order valence-corrected chi connectivity index (χ3v) is 5.50. The van der Waals surface area contributed by atoms with Gasteiger partial charge >= 0.3 is 0 Å². The molecule has 0 aliphatic carbocycles. The molecule has 1 atom stereocenters. The van der Waals surface area contributed by atoms with Gasteiger partial charge in [-0.3, -0.25) is 14.5 Å². The van der Waals surface area contributed by atoms with Gasteiger partial charge in [-0.05, 0) is 62.2 Å². The van der Waals surface area contributed by atoms with Crippen LogP contribution in [0.2, 0.25) is 0 Å².